The molecule has 10 nitrogen and oxygen atoms in total. The number of nitrogens with zero attached hydrogens (tertiary/aromatic N) is 2. The number of ether oxygens (including phenoxy) is 3. The molecule has 0 saturated carbocycles. The Morgan fingerprint density at radius 1 is 1.11 bits per heavy atom. The van der Waals surface area contributed by atoms with Crippen molar-refractivity contribution in [3.05, 3.63) is 56.7 Å². The lowest BCUT2D eigenvalue weighted by molar-refractivity contribution is -0.139. The first-order valence-corrected chi connectivity index (χ1v) is 13.5. The molecule has 1 heterocycles. The summed E-state index contributed by atoms with van der Waals surface area (Å²) in [5.41, 5.74) is 4.96. The minimum Gasteiger partial charge on any atom is -0.490 e. The maximum Gasteiger partial charge on any atom is 0.329 e. The zero-order valence-electron chi connectivity index (χ0n) is 21.8. The average molecular weight is 636 g/mol. The van der Waals surface area contributed by atoms with Crippen LogP contribution in [0.3, 0.4) is 0 Å². The van der Waals surface area contributed by atoms with Crippen molar-refractivity contribution in [3.8, 4) is 11.5 Å². The van der Waals surface area contributed by atoms with Crippen LogP contribution in [0.1, 0.15) is 43.4 Å². The van der Waals surface area contributed by atoms with Gasteiger partial charge in [0.25, 0.3) is 5.91 Å². The molecule has 204 valence electrons. The minimum atomic E-state index is -0.874. The Morgan fingerprint density at radius 3 is 2.47 bits per heavy atom. The van der Waals surface area contributed by atoms with E-state index in [1.54, 1.807) is 17.0 Å². The number of carbonyl (C=O) groups is 3. The number of benzene rings is 2. The van der Waals surface area contributed by atoms with E-state index in [-0.39, 0.29) is 19.1 Å². The number of rotatable bonds is 10. The van der Waals surface area contributed by atoms with Crippen LogP contribution in [0.4, 0.5) is 0 Å². The monoisotopic (exact) mass is 636 g/mol. The Labute approximate surface area is 236 Å². The average Bonchev–Trinajstić information content (AvgIpc) is 2.92. The molecule has 1 fully saturated rings. The molecule has 1 aliphatic heterocycles. The second-order valence-corrected chi connectivity index (χ2v) is 9.99. The highest BCUT2D eigenvalue weighted by atomic mass is 127. The quantitative estimate of drug-likeness (QED) is 0.179. The summed E-state index contributed by atoms with van der Waals surface area (Å²) in [5, 5.41) is 6.48. The second-order valence-electron chi connectivity index (χ2n) is 8.82. The Balaban J connectivity index is 1.54. The molecule has 0 radical (unpaired) electrons. The first-order valence-electron chi connectivity index (χ1n) is 12.4. The molecular weight excluding hydrogens is 603 g/mol. The molecule has 2 aromatic carbocycles. The van der Waals surface area contributed by atoms with Gasteiger partial charge in [-0.3, -0.25) is 14.4 Å². The van der Waals surface area contributed by atoms with Crippen LogP contribution < -0.4 is 20.2 Å². The fraction of sp³-hybridized carbons (Fsp3) is 0.407. The molecule has 2 aromatic rings. The van der Waals surface area contributed by atoms with Crippen LogP contribution in [-0.4, -0.2) is 68.4 Å². The van der Waals surface area contributed by atoms with E-state index in [1.165, 1.54) is 11.8 Å². The summed E-state index contributed by atoms with van der Waals surface area (Å²) < 4.78 is 17.5. The predicted molar refractivity (Wildman–Crippen MR) is 151 cm³/mol. The zero-order chi connectivity index (χ0) is 27.5. The Morgan fingerprint density at radius 2 is 1.82 bits per heavy atom. The van der Waals surface area contributed by atoms with Gasteiger partial charge in [0.2, 0.25) is 0 Å². The van der Waals surface area contributed by atoms with Gasteiger partial charge >= 0.3 is 11.8 Å². The van der Waals surface area contributed by atoms with Crippen LogP contribution in [0.15, 0.2) is 41.5 Å². The molecule has 0 aliphatic carbocycles. The first kappa shape index (κ1) is 29.4. The highest BCUT2D eigenvalue weighted by molar-refractivity contribution is 14.1. The summed E-state index contributed by atoms with van der Waals surface area (Å²) in [4.78, 5) is 38.4. The van der Waals surface area contributed by atoms with E-state index in [4.69, 9.17) is 14.2 Å². The number of nitrogens with one attached hydrogen (secondary N) is 2. The van der Waals surface area contributed by atoms with E-state index in [1.807, 2.05) is 31.2 Å². The van der Waals surface area contributed by atoms with Crippen LogP contribution in [-0.2, 0) is 25.7 Å². The van der Waals surface area contributed by atoms with Crippen molar-refractivity contribution in [3.63, 3.8) is 0 Å². The molecule has 1 saturated heterocycles. The lowest BCUT2D eigenvalue weighted by atomic mass is 10.0. The third kappa shape index (κ3) is 8.69. The summed E-state index contributed by atoms with van der Waals surface area (Å²) in [7, 11) is 0. The highest BCUT2D eigenvalue weighted by Gasteiger charge is 2.19. The summed E-state index contributed by atoms with van der Waals surface area (Å²) in [6, 6.07) is 11.3. The molecule has 0 spiro atoms. The lowest BCUT2D eigenvalue weighted by Gasteiger charge is -2.27. The minimum absolute atomic E-state index is 0.115. The van der Waals surface area contributed by atoms with Gasteiger partial charge in [-0.15, -0.1) is 0 Å². The van der Waals surface area contributed by atoms with Crippen molar-refractivity contribution in [2.24, 2.45) is 5.10 Å². The van der Waals surface area contributed by atoms with Gasteiger partial charge in [-0.25, -0.2) is 5.43 Å². The second kappa shape index (κ2) is 14.7. The van der Waals surface area contributed by atoms with Crippen LogP contribution >= 0.6 is 22.6 Å². The molecule has 38 heavy (non-hydrogen) atoms. The van der Waals surface area contributed by atoms with Gasteiger partial charge in [0, 0.05) is 19.6 Å². The summed E-state index contributed by atoms with van der Waals surface area (Å²) >= 11 is 2.09. The number of hydrogen-bond donors (Lipinski definition) is 2. The van der Waals surface area contributed by atoms with Gasteiger partial charge in [-0.05, 0) is 64.3 Å². The SMILES string of the molecule is CCOc1cc(/C=N\NC(=O)C(=O)NCc2ccc(C(C)C)cc2)cc(I)c1OCC(=O)N1CCOCC1. The maximum atomic E-state index is 12.5. The van der Waals surface area contributed by atoms with Crippen molar-refractivity contribution < 1.29 is 28.6 Å². The van der Waals surface area contributed by atoms with Gasteiger partial charge in [0.1, 0.15) is 0 Å². The van der Waals surface area contributed by atoms with Crippen LogP contribution in [0, 0.1) is 3.57 Å². The van der Waals surface area contributed by atoms with Crippen LogP contribution in [0.25, 0.3) is 0 Å². The topological polar surface area (TPSA) is 119 Å². The summed E-state index contributed by atoms with van der Waals surface area (Å²) in [5.74, 6) is -0.455. The number of amides is 3. The molecule has 1 aliphatic rings. The van der Waals surface area contributed by atoms with Crippen LogP contribution in [0.2, 0.25) is 0 Å². The largest absolute Gasteiger partial charge is 0.490 e. The normalized spacial score (nSPS) is 13.4. The van der Waals surface area contributed by atoms with Crippen molar-refractivity contribution in [1.29, 1.82) is 0 Å². The number of hydrazone groups is 1. The van der Waals surface area contributed by atoms with Crippen molar-refractivity contribution in [2.75, 3.05) is 39.5 Å². The molecule has 3 rings (SSSR count). The van der Waals surface area contributed by atoms with Gasteiger partial charge < -0.3 is 24.4 Å². The Kier molecular flexibility index (Phi) is 11.3. The number of morpholine rings is 1. The lowest BCUT2D eigenvalue weighted by Crippen LogP contribution is -2.43. The smallest absolute Gasteiger partial charge is 0.329 e. The molecular formula is C27H33IN4O6. The maximum absolute atomic E-state index is 12.5. The molecule has 0 atom stereocenters. The molecule has 3 amide bonds. The number of hydrogen-bond acceptors (Lipinski definition) is 7. The molecule has 0 unspecified atom stereocenters. The highest BCUT2D eigenvalue weighted by Crippen LogP contribution is 2.34. The van der Waals surface area contributed by atoms with E-state index in [9.17, 15) is 14.4 Å². The van der Waals surface area contributed by atoms with Gasteiger partial charge in [0.05, 0.1) is 29.6 Å². The Bertz CT molecular complexity index is 1150. The molecule has 11 heteroatoms. The van der Waals surface area contributed by atoms with E-state index < -0.39 is 11.8 Å². The summed E-state index contributed by atoms with van der Waals surface area (Å²) in [6.07, 6.45) is 1.41. The predicted octanol–water partition coefficient (Wildman–Crippen LogP) is 2.82. The van der Waals surface area contributed by atoms with E-state index >= 15 is 0 Å². The fourth-order valence-corrected chi connectivity index (χ4v) is 4.38. The van der Waals surface area contributed by atoms with Crippen molar-refractivity contribution in [2.45, 2.75) is 33.2 Å². The summed E-state index contributed by atoms with van der Waals surface area (Å²) in [6.45, 7) is 8.70. The molecule has 0 bridgehead atoms. The number of halogens is 1. The van der Waals surface area contributed by atoms with Crippen molar-refractivity contribution in [1.82, 2.24) is 15.6 Å². The van der Waals surface area contributed by atoms with Crippen molar-refractivity contribution >= 4 is 46.5 Å². The fourth-order valence-electron chi connectivity index (χ4n) is 3.60. The van der Waals surface area contributed by atoms with Gasteiger partial charge in [-0.2, -0.15) is 5.10 Å². The first-order chi connectivity index (χ1) is 18.3. The number of carbonyl (C=O) groups excluding carboxylic acids is 3. The zero-order valence-corrected chi connectivity index (χ0v) is 23.9. The van der Waals surface area contributed by atoms with E-state index in [0.717, 1.165) is 5.56 Å². The van der Waals surface area contributed by atoms with E-state index in [2.05, 4.69) is 52.3 Å². The molecule has 2 N–H and O–H groups in total. The standard InChI is InChI=1S/C27H33IN4O6/c1-4-37-23-14-20(13-22(28)25(23)38-17-24(33)32-9-11-36-12-10-32)16-30-31-27(35)26(34)29-15-19-5-7-21(8-6-19)18(2)3/h5-8,13-14,16,18H,4,9-12,15,17H2,1-3H3,(H,29,34)(H,31,35)/b30-16-. The third-order valence-electron chi connectivity index (χ3n) is 5.72. The third-order valence-corrected chi connectivity index (χ3v) is 6.52. The Hall–Kier alpha value is -3.19. The molecule has 0 aromatic heterocycles. The van der Waals surface area contributed by atoms with E-state index in [0.29, 0.717) is 59.5 Å². The van der Waals surface area contributed by atoms with Crippen LogP contribution in [0.5, 0.6) is 11.5 Å². The van der Waals surface area contributed by atoms with Gasteiger partial charge in [-0.1, -0.05) is 38.1 Å². The van der Waals surface area contributed by atoms with Gasteiger partial charge in [0.15, 0.2) is 18.1 Å².